The summed E-state index contributed by atoms with van der Waals surface area (Å²) in [7, 11) is 2.01. The van der Waals surface area contributed by atoms with Gasteiger partial charge in [-0.2, -0.15) is 0 Å². The van der Waals surface area contributed by atoms with Crippen LogP contribution >= 0.6 is 0 Å². The zero-order chi connectivity index (χ0) is 12.7. The van der Waals surface area contributed by atoms with E-state index in [1.807, 2.05) is 11.9 Å². The normalized spacial score (nSPS) is 40.1. The van der Waals surface area contributed by atoms with Crippen LogP contribution in [0, 0.1) is 17.8 Å². The van der Waals surface area contributed by atoms with Crippen molar-refractivity contribution in [1.29, 1.82) is 0 Å². The van der Waals surface area contributed by atoms with Crippen molar-refractivity contribution in [1.82, 2.24) is 4.90 Å². The molecule has 2 bridgehead atoms. The Morgan fingerprint density at radius 2 is 1.72 bits per heavy atom. The van der Waals surface area contributed by atoms with Crippen LogP contribution < -0.4 is 5.73 Å². The number of rotatable bonds is 2. The molecule has 0 aliphatic heterocycles. The molecule has 3 fully saturated rings. The van der Waals surface area contributed by atoms with Crippen LogP contribution in [0.1, 0.15) is 51.4 Å². The van der Waals surface area contributed by atoms with Gasteiger partial charge in [-0.15, -0.1) is 0 Å². The largest absolute Gasteiger partial charge is 0.342 e. The van der Waals surface area contributed by atoms with E-state index in [0.29, 0.717) is 23.8 Å². The molecule has 0 aromatic heterocycles. The maximum Gasteiger partial charge on any atom is 0.227 e. The number of hydrogen-bond donors (Lipinski definition) is 1. The summed E-state index contributed by atoms with van der Waals surface area (Å²) in [6, 6.07) is 0.625. The Kier molecular flexibility index (Phi) is 3.35. The molecule has 3 aliphatic rings. The quantitative estimate of drug-likeness (QED) is 0.816. The molecule has 3 saturated carbocycles. The van der Waals surface area contributed by atoms with Gasteiger partial charge in [0.1, 0.15) is 0 Å². The highest BCUT2D eigenvalue weighted by Gasteiger charge is 2.50. The third-order valence-corrected chi connectivity index (χ3v) is 5.74. The fraction of sp³-hybridized carbons (Fsp3) is 0.933. The molecular formula is C15H26N2O. The minimum atomic E-state index is 0.135. The van der Waals surface area contributed by atoms with Crippen molar-refractivity contribution in [3.05, 3.63) is 0 Å². The maximum atomic E-state index is 12.7. The topological polar surface area (TPSA) is 46.3 Å². The van der Waals surface area contributed by atoms with E-state index in [4.69, 9.17) is 5.73 Å². The van der Waals surface area contributed by atoms with Gasteiger partial charge in [-0.25, -0.2) is 0 Å². The predicted molar refractivity (Wildman–Crippen MR) is 71.9 cm³/mol. The first kappa shape index (κ1) is 12.5. The predicted octanol–water partition coefficient (Wildman–Crippen LogP) is 2.15. The first-order chi connectivity index (χ1) is 8.68. The van der Waals surface area contributed by atoms with Crippen molar-refractivity contribution in [3.63, 3.8) is 0 Å². The van der Waals surface area contributed by atoms with Crippen LogP contribution in [0.4, 0.5) is 0 Å². The van der Waals surface area contributed by atoms with Crippen LogP contribution in [-0.4, -0.2) is 29.9 Å². The second kappa shape index (κ2) is 4.84. The van der Waals surface area contributed by atoms with E-state index < -0.39 is 0 Å². The van der Waals surface area contributed by atoms with Crippen molar-refractivity contribution in [2.24, 2.45) is 23.5 Å². The third-order valence-electron chi connectivity index (χ3n) is 5.74. The number of nitrogens with zero attached hydrogens (tertiary/aromatic N) is 1. The van der Waals surface area contributed by atoms with Crippen molar-refractivity contribution in [3.8, 4) is 0 Å². The Labute approximate surface area is 110 Å². The molecule has 102 valence electrons. The molecular weight excluding hydrogens is 224 g/mol. The molecule has 18 heavy (non-hydrogen) atoms. The maximum absolute atomic E-state index is 12.7. The summed E-state index contributed by atoms with van der Waals surface area (Å²) >= 11 is 0. The van der Waals surface area contributed by atoms with Crippen LogP contribution in [0.25, 0.3) is 0 Å². The summed E-state index contributed by atoms with van der Waals surface area (Å²) in [5.41, 5.74) is 6.28. The molecule has 4 unspecified atom stereocenters. The van der Waals surface area contributed by atoms with Gasteiger partial charge in [0.25, 0.3) is 0 Å². The van der Waals surface area contributed by atoms with E-state index in [0.717, 1.165) is 0 Å². The van der Waals surface area contributed by atoms with Gasteiger partial charge in [0.05, 0.1) is 5.92 Å². The standard InChI is InChI=1S/C15H26N2O/c1-17(12-5-3-2-4-6-12)15(18)13-10-7-8-11(9-10)14(13)16/h10-14H,2-9,16H2,1H3. The Morgan fingerprint density at radius 1 is 1.06 bits per heavy atom. The van der Waals surface area contributed by atoms with Crippen LogP contribution in [0.15, 0.2) is 0 Å². The zero-order valence-corrected chi connectivity index (χ0v) is 11.5. The smallest absolute Gasteiger partial charge is 0.227 e. The summed E-state index contributed by atoms with van der Waals surface area (Å²) < 4.78 is 0. The molecule has 3 rings (SSSR count). The molecule has 3 nitrogen and oxygen atoms in total. The highest BCUT2D eigenvalue weighted by molar-refractivity contribution is 5.80. The van der Waals surface area contributed by atoms with Gasteiger partial charge in [0.2, 0.25) is 5.91 Å². The lowest BCUT2D eigenvalue weighted by molar-refractivity contribution is -0.139. The highest BCUT2D eigenvalue weighted by Crippen LogP contribution is 2.48. The van der Waals surface area contributed by atoms with Gasteiger partial charge < -0.3 is 10.6 Å². The summed E-state index contributed by atoms with van der Waals surface area (Å²) in [4.78, 5) is 14.7. The van der Waals surface area contributed by atoms with E-state index in [9.17, 15) is 4.79 Å². The molecule has 0 spiro atoms. The Hall–Kier alpha value is -0.570. The van der Waals surface area contributed by atoms with Crippen molar-refractivity contribution in [2.75, 3.05) is 7.05 Å². The number of fused-ring (bicyclic) bond motifs is 2. The monoisotopic (exact) mass is 250 g/mol. The van der Waals surface area contributed by atoms with Crippen LogP contribution in [-0.2, 0) is 4.79 Å². The number of carbonyl (C=O) groups excluding carboxylic acids is 1. The lowest BCUT2D eigenvalue weighted by atomic mass is 9.83. The molecule has 0 radical (unpaired) electrons. The van der Waals surface area contributed by atoms with Crippen LogP contribution in [0.3, 0.4) is 0 Å². The first-order valence-corrected chi connectivity index (χ1v) is 7.70. The average molecular weight is 250 g/mol. The Bertz CT molecular complexity index is 322. The number of amides is 1. The molecule has 3 aliphatic carbocycles. The van der Waals surface area contributed by atoms with Crippen molar-refractivity contribution < 1.29 is 4.79 Å². The number of nitrogens with two attached hydrogens (primary N) is 1. The fourth-order valence-corrected chi connectivity index (χ4v) is 4.59. The Balaban J connectivity index is 1.66. The van der Waals surface area contributed by atoms with E-state index in [2.05, 4.69) is 0 Å². The first-order valence-electron chi connectivity index (χ1n) is 7.70. The minimum Gasteiger partial charge on any atom is -0.342 e. The molecule has 0 aromatic carbocycles. The zero-order valence-electron chi connectivity index (χ0n) is 11.5. The third kappa shape index (κ3) is 1.97. The summed E-state index contributed by atoms with van der Waals surface area (Å²) in [5.74, 6) is 1.70. The molecule has 0 aromatic rings. The molecule has 0 saturated heterocycles. The fourth-order valence-electron chi connectivity index (χ4n) is 4.59. The summed E-state index contributed by atoms with van der Waals surface area (Å²) in [6.07, 6.45) is 9.98. The van der Waals surface area contributed by atoms with E-state index >= 15 is 0 Å². The lowest BCUT2D eigenvalue weighted by Crippen LogP contribution is -2.49. The molecule has 2 N–H and O–H groups in total. The van der Waals surface area contributed by atoms with Gasteiger partial charge >= 0.3 is 0 Å². The highest BCUT2D eigenvalue weighted by atomic mass is 16.2. The van der Waals surface area contributed by atoms with Gasteiger partial charge in [0.15, 0.2) is 0 Å². The molecule has 1 amide bonds. The van der Waals surface area contributed by atoms with Gasteiger partial charge in [-0.3, -0.25) is 4.79 Å². The van der Waals surface area contributed by atoms with E-state index in [1.54, 1.807) is 0 Å². The van der Waals surface area contributed by atoms with Gasteiger partial charge in [0, 0.05) is 19.1 Å². The van der Waals surface area contributed by atoms with E-state index in [1.165, 1.54) is 51.4 Å². The second-order valence-electron chi connectivity index (χ2n) is 6.68. The van der Waals surface area contributed by atoms with Gasteiger partial charge in [-0.05, 0) is 43.9 Å². The van der Waals surface area contributed by atoms with Gasteiger partial charge in [-0.1, -0.05) is 19.3 Å². The van der Waals surface area contributed by atoms with Crippen molar-refractivity contribution >= 4 is 5.91 Å². The van der Waals surface area contributed by atoms with Crippen molar-refractivity contribution in [2.45, 2.75) is 63.5 Å². The van der Waals surface area contributed by atoms with Crippen LogP contribution in [0.2, 0.25) is 0 Å². The number of hydrogen-bond acceptors (Lipinski definition) is 2. The molecule has 3 heteroatoms. The molecule has 4 atom stereocenters. The summed E-state index contributed by atoms with van der Waals surface area (Å²) in [5, 5.41) is 0. The average Bonchev–Trinajstić information content (AvgIpc) is 2.99. The van der Waals surface area contributed by atoms with E-state index in [-0.39, 0.29) is 12.0 Å². The second-order valence-corrected chi connectivity index (χ2v) is 6.68. The SMILES string of the molecule is CN(C(=O)C1C2CCC(C2)C1N)C1CCCCC1. The lowest BCUT2D eigenvalue weighted by Gasteiger charge is -2.36. The molecule has 0 heterocycles. The summed E-state index contributed by atoms with van der Waals surface area (Å²) in [6.45, 7) is 0. The minimum absolute atomic E-state index is 0.135. The Morgan fingerprint density at radius 3 is 2.33 bits per heavy atom. The van der Waals surface area contributed by atoms with Crippen LogP contribution in [0.5, 0.6) is 0 Å². The number of carbonyl (C=O) groups is 1.